The van der Waals surface area contributed by atoms with Crippen LogP contribution in [0.4, 0.5) is 5.82 Å². The molecule has 6 heteroatoms. The Labute approximate surface area is 114 Å². The van der Waals surface area contributed by atoms with Gasteiger partial charge in [0.05, 0.1) is 19.8 Å². The van der Waals surface area contributed by atoms with Gasteiger partial charge in [0.1, 0.15) is 18.2 Å². The summed E-state index contributed by atoms with van der Waals surface area (Å²) in [4.78, 5) is 8.51. The molecule has 0 fully saturated rings. The molecule has 1 aromatic rings. The number of ether oxygens (including phenoxy) is 3. The lowest BCUT2D eigenvalue weighted by molar-refractivity contribution is 0.0536. The second-order valence-electron chi connectivity index (χ2n) is 4.02. The van der Waals surface area contributed by atoms with Gasteiger partial charge in [-0.1, -0.05) is 6.92 Å². The summed E-state index contributed by atoms with van der Waals surface area (Å²) in [7, 11) is 1.65. The van der Waals surface area contributed by atoms with Crippen LogP contribution < -0.4 is 10.1 Å². The zero-order valence-electron chi connectivity index (χ0n) is 11.9. The number of rotatable bonds is 10. The Morgan fingerprint density at radius 2 is 1.95 bits per heavy atom. The average molecular weight is 269 g/mol. The van der Waals surface area contributed by atoms with Gasteiger partial charge in [-0.15, -0.1) is 0 Å². The van der Waals surface area contributed by atoms with E-state index in [-0.39, 0.29) is 0 Å². The lowest BCUT2D eigenvalue weighted by Gasteiger charge is -2.09. The Kier molecular flexibility index (Phi) is 7.84. The molecule has 19 heavy (non-hydrogen) atoms. The highest BCUT2D eigenvalue weighted by Crippen LogP contribution is 2.13. The second-order valence-corrected chi connectivity index (χ2v) is 4.02. The highest BCUT2D eigenvalue weighted by atomic mass is 16.5. The van der Waals surface area contributed by atoms with Gasteiger partial charge in [-0.3, -0.25) is 0 Å². The summed E-state index contributed by atoms with van der Waals surface area (Å²) >= 11 is 0. The molecule has 0 bridgehead atoms. The zero-order chi connectivity index (χ0) is 13.9. The molecule has 1 heterocycles. The van der Waals surface area contributed by atoms with Crippen molar-refractivity contribution in [3.8, 4) is 5.88 Å². The Morgan fingerprint density at radius 3 is 2.68 bits per heavy atom. The minimum Gasteiger partial charge on any atom is -0.475 e. The molecule has 0 radical (unpaired) electrons. The van der Waals surface area contributed by atoms with Crippen LogP contribution in [0.25, 0.3) is 0 Å². The SMILES string of the molecule is CCCNc1cc(OCCOCCOC)nc(C)n1. The molecule has 1 N–H and O–H groups in total. The van der Waals surface area contributed by atoms with Crippen molar-refractivity contribution in [1.29, 1.82) is 0 Å². The van der Waals surface area contributed by atoms with Crippen molar-refractivity contribution < 1.29 is 14.2 Å². The molecule has 6 nitrogen and oxygen atoms in total. The minimum atomic E-state index is 0.466. The first-order valence-electron chi connectivity index (χ1n) is 6.55. The van der Waals surface area contributed by atoms with Crippen LogP contribution in [0.2, 0.25) is 0 Å². The molecular weight excluding hydrogens is 246 g/mol. The summed E-state index contributed by atoms with van der Waals surface area (Å²) in [6.45, 7) is 6.99. The number of hydrogen-bond donors (Lipinski definition) is 1. The smallest absolute Gasteiger partial charge is 0.218 e. The van der Waals surface area contributed by atoms with Crippen LogP contribution >= 0.6 is 0 Å². The van der Waals surface area contributed by atoms with E-state index in [2.05, 4.69) is 22.2 Å². The topological polar surface area (TPSA) is 65.5 Å². The van der Waals surface area contributed by atoms with E-state index in [0.29, 0.717) is 38.1 Å². The summed E-state index contributed by atoms with van der Waals surface area (Å²) < 4.78 is 15.7. The van der Waals surface area contributed by atoms with E-state index < -0.39 is 0 Å². The van der Waals surface area contributed by atoms with Gasteiger partial charge in [-0.2, -0.15) is 4.98 Å². The number of aryl methyl sites for hydroxylation is 1. The summed E-state index contributed by atoms with van der Waals surface area (Å²) in [5.74, 6) is 2.06. The molecule has 0 aromatic carbocycles. The fourth-order valence-electron chi connectivity index (χ4n) is 1.41. The van der Waals surface area contributed by atoms with Gasteiger partial charge in [-0.05, 0) is 13.3 Å². The van der Waals surface area contributed by atoms with Crippen LogP contribution in [0.5, 0.6) is 5.88 Å². The van der Waals surface area contributed by atoms with Crippen molar-refractivity contribution in [2.45, 2.75) is 20.3 Å². The number of aromatic nitrogens is 2. The third kappa shape index (κ3) is 6.93. The normalized spacial score (nSPS) is 10.5. The maximum absolute atomic E-state index is 5.53. The number of hydrogen-bond acceptors (Lipinski definition) is 6. The first-order valence-corrected chi connectivity index (χ1v) is 6.55. The third-order valence-corrected chi connectivity index (χ3v) is 2.28. The van der Waals surface area contributed by atoms with Gasteiger partial charge >= 0.3 is 0 Å². The van der Waals surface area contributed by atoms with Crippen molar-refractivity contribution in [3.63, 3.8) is 0 Å². The van der Waals surface area contributed by atoms with Crippen LogP contribution in [-0.2, 0) is 9.47 Å². The van der Waals surface area contributed by atoms with Crippen LogP contribution in [0, 0.1) is 6.92 Å². The minimum absolute atomic E-state index is 0.466. The quantitative estimate of drug-likeness (QED) is 0.652. The van der Waals surface area contributed by atoms with Crippen LogP contribution in [-0.4, -0.2) is 50.1 Å². The number of methoxy groups -OCH3 is 1. The Bertz CT molecular complexity index is 361. The molecule has 108 valence electrons. The van der Waals surface area contributed by atoms with E-state index in [9.17, 15) is 0 Å². The van der Waals surface area contributed by atoms with Gasteiger partial charge < -0.3 is 19.5 Å². The summed E-state index contributed by atoms with van der Waals surface area (Å²) in [6.07, 6.45) is 1.05. The highest BCUT2D eigenvalue weighted by Gasteiger charge is 2.02. The van der Waals surface area contributed by atoms with Gasteiger partial charge in [0.2, 0.25) is 5.88 Å². The van der Waals surface area contributed by atoms with Gasteiger partial charge in [-0.25, -0.2) is 4.98 Å². The van der Waals surface area contributed by atoms with Crippen LogP contribution in [0.3, 0.4) is 0 Å². The van der Waals surface area contributed by atoms with Crippen LogP contribution in [0.1, 0.15) is 19.2 Å². The molecule has 1 aromatic heterocycles. The van der Waals surface area contributed by atoms with Crippen molar-refractivity contribution in [2.24, 2.45) is 0 Å². The summed E-state index contributed by atoms with van der Waals surface area (Å²) in [5, 5.41) is 3.21. The standard InChI is InChI=1S/C13H23N3O3/c1-4-5-14-12-10-13(16-11(2)15-12)19-9-8-18-7-6-17-3/h10H,4-9H2,1-3H3,(H,14,15,16). The second kappa shape index (κ2) is 9.52. The summed E-state index contributed by atoms with van der Waals surface area (Å²) in [6, 6.07) is 1.80. The molecule has 1 rings (SSSR count). The maximum atomic E-state index is 5.53. The van der Waals surface area contributed by atoms with Gasteiger partial charge in [0.15, 0.2) is 0 Å². The molecule has 0 unspecified atom stereocenters. The molecule has 0 aliphatic heterocycles. The Morgan fingerprint density at radius 1 is 1.16 bits per heavy atom. The lowest BCUT2D eigenvalue weighted by atomic mass is 10.4. The van der Waals surface area contributed by atoms with E-state index in [4.69, 9.17) is 14.2 Å². The molecule has 0 atom stereocenters. The van der Waals surface area contributed by atoms with Crippen molar-refractivity contribution in [3.05, 3.63) is 11.9 Å². The molecule has 0 aliphatic rings. The number of anilines is 1. The largest absolute Gasteiger partial charge is 0.475 e. The third-order valence-electron chi connectivity index (χ3n) is 2.28. The highest BCUT2D eigenvalue weighted by molar-refractivity contribution is 5.38. The zero-order valence-corrected chi connectivity index (χ0v) is 11.9. The maximum Gasteiger partial charge on any atom is 0.218 e. The van der Waals surface area contributed by atoms with Crippen molar-refractivity contribution in [2.75, 3.05) is 45.4 Å². The van der Waals surface area contributed by atoms with Crippen molar-refractivity contribution in [1.82, 2.24) is 9.97 Å². The van der Waals surface area contributed by atoms with Gasteiger partial charge in [0, 0.05) is 19.7 Å². The molecule has 0 spiro atoms. The predicted octanol–water partition coefficient (Wildman–Crippen LogP) is 1.65. The fourth-order valence-corrected chi connectivity index (χ4v) is 1.41. The molecule has 0 saturated heterocycles. The van der Waals surface area contributed by atoms with Crippen LogP contribution in [0.15, 0.2) is 6.07 Å². The number of nitrogens with zero attached hydrogens (tertiary/aromatic N) is 2. The summed E-state index contributed by atoms with van der Waals surface area (Å²) in [5.41, 5.74) is 0. The van der Waals surface area contributed by atoms with E-state index in [1.54, 1.807) is 13.2 Å². The molecular formula is C13H23N3O3. The van der Waals surface area contributed by atoms with Crippen molar-refractivity contribution >= 4 is 5.82 Å². The van der Waals surface area contributed by atoms with E-state index in [1.807, 2.05) is 6.92 Å². The first kappa shape index (κ1) is 15.7. The van der Waals surface area contributed by atoms with E-state index in [1.165, 1.54) is 0 Å². The lowest BCUT2D eigenvalue weighted by Crippen LogP contribution is -2.11. The van der Waals surface area contributed by atoms with E-state index in [0.717, 1.165) is 18.8 Å². The first-order chi connectivity index (χ1) is 9.26. The van der Waals surface area contributed by atoms with E-state index >= 15 is 0 Å². The molecule has 0 aliphatic carbocycles. The monoisotopic (exact) mass is 269 g/mol. The molecule has 0 amide bonds. The van der Waals surface area contributed by atoms with Gasteiger partial charge in [0.25, 0.3) is 0 Å². The average Bonchev–Trinajstić information content (AvgIpc) is 2.40. The Hall–Kier alpha value is -1.40. The fraction of sp³-hybridized carbons (Fsp3) is 0.692. The Balaban J connectivity index is 2.34. The predicted molar refractivity (Wildman–Crippen MR) is 73.7 cm³/mol. The number of nitrogens with one attached hydrogen (secondary N) is 1. The molecule has 0 saturated carbocycles.